The first kappa shape index (κ1) is 18.7. The summed E-state index contributed by atoms with van der Waals surface area (Å²) in [5.41, 5.74) is 2.71. The van der Waals surface area contributed by atoms with Crippen LogP contribution in [0.1, 0.15) is 30.8 Å². The van der Waals surface area contributed by atoms with E-state index >= 15 is 0 Å². The molecule has 0 saturated carbocycles. The van der Waals surface area contributed by atoms with Crippen molar-refractivity contribution >= 4 is 5.65 Å². The molecule has 0 aliphatic rings. The van der Waals surface area contributed by atoms with Crippen molar-refractivity contribution < 1.29 is 13.2 Å². The summed E-state index contributed by atoms with van der Waals surface area (Å²) >= 11 is 0. The van der Waals surface area contributed by atoms with Crippen molar-refractivity contribution in [1.29, 1.82) is 5.26 Å². The maximum atomic E-state index is 13.1. The zero-order valence-corrected chi connectivity index (χ0v) is 15.7. The fraction of sp³-hybridized carbons (Fsp3) is 0.250. The monoisotopic (exact) mass is 394 g/mol. The van der Waals surface area contributed by atoms with Crippen molar-refractivity contribution in [2.75, 3.05) is 0 Å². The number of halogens is 2. The van der Waals surface area contributed by atoms with Crippen LogP contribution >= 0.6 is 0 Å². The van der Waals surface area contributed by atoms with Crippen LogP contribution < -0.4 is 0 Å². The minimum absolute atomic E-state index is 0.0214. The first-order valence-corrected chi connectivity index (χ1v) is 8.90. The van der Waals surface area contributed by atoms with Crippen LogP contribution in [-0.2, 0) is 6.42 Å². The summed E-state index contributed by atoms with van der Waals surface area (Å²) in [5, 5.41) is 13.5. The molecule has 0 spiro atoms. The Morgan fingerprint density at radius 1 is 1.24 bits per heavy atom. The Morgan fingerprint density at radius 3 is 2.83 bits per heavy atom. The second-order valence-electron chi connectivity index (χ2n) is 6.77. The van der Waals surface area contributed by atoms with E-state index < -0.39 is 5.92 Å². The molecule has 0 unspecified atom stereocenters. The molecule has 0 aliphatic carbocycles. The highest BCUT2D eigenvalue weighted by atomic mass is 19.3. The fourth-order valence-electron chi connectivity index (χ4n) is 2.96. The Morgan fingerprint density at radius 2 is 2.07 bits per heavy atom. The summed E-state index contributed by atoms with van der Waals surface area (Å²) in [4.78, 5) is 12.9. The summed E-state index contributed by atoms with van der Waals surface area (Å²) in [5.74, 6) is -1.54. The quantitative estimate of drug-likeness (QED) is 0.503. The predicted octanol–water partition coefficient (Wildman–Crippen LogP) is 4.21. The van der Waals surface area contributed by atoms with Gasteiger partial charge in [0.05, 0.1) is 11.9 Å². The van der Waals surface area contributed by atoms with E-state index in [1.165, 1.54) is 6.20 Å². The predicted molar refractivity (Wildman–Crippen MR) is 100 cm³/mol. The average molecular weight is 394 g/mol. The third-order valence-electron chi connectivity index (χ3n) is 4.32. The maximum Gasteiger partial charge on any atom is 0.245 e. The highest BCUT2D eigenvalue weighted by molar-refractivity contribution is 5.79. The number of aromatic nitrogens is 5. The minimum atomic E-state index is -2.79. The molecule has 0 amide bonds. The third kappa shape index (κ3) is 3.96. The highest BCUT2D eigenvalue weighted by Crippen LogP contribution is 2.32. The van der Waals surface area contributed by atoms with E-state index in [4.69, 9.17) is 4.42 Å². The van der Waals surface area contributed by atoms with Crippen LogP contribution in [-0.4, -0.2) is 30.5 Å². The lowest BCUT2D eigenvalue weighted by atomic mass is 10.0. The zero-order valence-electron chi connectivity index (χ0n) is 15.7. The molecule has 4 aromatic heterocycles. The largest absolute Gasteiger partial charge is 0.441 e. The maximum absolute atomic E-state index is 13.1. The van der Waals surface area contributed by atoms with E-state index in [0.29, 0.717) is 28.5 Å². The van der Waals surface area contributed by atoms with Gasteiger partial charge in [-0.05, 0) is 38.1 Å². The summed E-state index contributed by atoms with van der Waals surface area (Å²) in [7, 11) is 0. The number of pyridine rings is 2. The number of alkyl halides is 2. The smallest absolute Gasteiger partial charge is 0.245 e. The van der Waals surface area contributed by atoms with E-state index in [1.54, 1.807) is 29.8 Å². The molecule has 0 aromatic carbocycles. The molecule has 0 aliphatic heterocycles. The topological polar surface area (TPSA) is 92.9 Å². The molecule has 29 heavy (non-hydrogen) atoms. The van der Waals surface area contributed by atoms with Gasteiger partial charge in [-0.25, -0.2) is 28.2 Å². The molecule has 0 atom stereocenters. The summed E-state index contributed by atoms with van der Waals surface area (Å²) < 4.78 is 33.6. The molecule has 4 heterocycles. The second-order valence-corrected chi connectivity index (χ2v) is 6.77. The van der Waals surface area contributed by atoms with Crippen LogP contribution in [0.15, 0.2) is 41.1 Å². The summed E-state index contributed by atoms with van der Waals surface area (Å²) in [6.45, 7) is 2.66. The van der Waals surface area contributed by atoms with Crippen molar-refractivity contribution in [3.63, 3.8) is 0 Å². The van der Waals surface area contributed by atoms with Gasteiger partial charge in [-0.1, -0.05) is 0 Å². The van der Waals surface area contributed by atoms with Crippen LogP contribution in [0.5, 0.6) is 0 Å². The van der Waals surface area contributed by atoms with Crippen molar-refractivity contribution in [2.24, 2.45) is 0 Å². The molecule has 7 nitrogen and oxygen atoms in total. The molecule has 4 rings (SSSR count). The van der Waals surface area contributed by atoms with E-state index in [-0.39, 0.29) is 24.4 Å². The second kappa shape index (κ2) is 7.05. The first-order chi connectivity index (χ1) is 13.8. The van der Waals surface area contributed by atoms with E-state index in [0.717, 1.165) is 12.5 Å². The van der Waals surface area contributed by atoms with Crippen molar-refractivity contribution in [3.05, 3.63) is 54.1 Å². The number of hydrogen-bond acceptors (Lipinski definition) is 6. The van der Waals surface area contributed by atoms with Crippen molar-refractivity contribution in [2.45, 2.75) is 32.6 Å². The Kier molecular flexibility index (Phi) is 4.54. The van der Waals surface area contributed by atoms with Crippen LogP contribution in [0.4, 0.5) is 8.78 Å². The fourth-order valence-corrected chi connectivity index (χ4v) is 2.96. The number of oxazole rings is 1. The van der Waals surface area contributed by atoms with Gasteiger partial charge in [0.25, 0.3) is 0 Å². The van der Waals surface area contributed by atoms with Gasteiger partial charge >= 0.3 is 0 Å². The number of nitrogens with zero attached hydrogens (tertiary/aromatic N) is 6. The SMILES string of the molecule is Cc1nc2cc(-c3nc(C#N)ccc3-c3cnc(CCC(C)(F)F)o3)ccn2n1. The molecule has 4 aromatic rings. The average Bonchev–Trinajstić information content (AvgIpc) is 3.30. The Balaban J connectivity index is 1.76. The Bertz CT molecular complexity index is 1230. The first-order valence-electron chi connectivity index (χ1n) is 8.90. The van der Waals surface area contributed by atoms with Gasteiger partial charge in [-0.3, -0.25) is 0 Å². The number of hydrogen-bond donors (Lipinski definition) is 0. The lowest BCUT2D eigenvalue weighted by Gasteiger charge is -2.08. The summed E-state index contributed by atoms with van der Waals surface area (Å²) in [6, 6.07) is 8.92. The molecule has 9 heteroatoms. The van der Waals surface area contributed by atoms with Crippen molar-refractivity contribution in [3.8, 4) is 28.7 Å². The van der Waals surface area contributed by atoms with Crippen LogP contribution in [0.2, 0.25) is 0 Å². The van der Waals surface area contributed by atoms with Gasteiger partial charge in [-0.15, -0.1) is 0 Å². The summed E-state index contributed by atoms with van der Waals surface area (Å²) in [6.07, 6.45) is 2.90. The molecule has 0 saturated heterocycles. The van der Waals surface area contributed by atoms with E-state index in [2.05, 4.69) is 20.1 Å². The van der Waals surface area contributed by atoms with Gasteiger partial charge in [0, 0.05) is 30.2 Å². The molecular formula is C20H16F2N6O. The molecule has 146 valence electrons. The number of nitriles is 1. The normalized spacial score (nSPS) is 11.7. The molecule has 0 bridgehead atoms. The van der Waals surface area contributed by atoms with Gasteiger partial charge < -0.3 is 4.42 Å². The third-order valence-corrected chi connectivity index (χ3v) is 4.32. The number of fused-ring (bicyclic) bond motifs is 1. The standard InChI is InChI=1S/C20H16F2N6O/c1-12-25-17-9-13(6-8-28(17)27-12)19-15(4-3-14(10-23)26-19)16-11-24-18(29-16)5-7-20(2,21)22/h3-4,6,8-9,11H,5,7H2,1-2H3. The van der Waals surface area contributed by atoms with E-state index in [9.17, 15) is 14.0 Å². The molecule has 0 fully saturated rings. The van der Waals surface area contributed by atoms with Crippen LogP contribution in [0.3, 0.4) is 0 Å². The Hall–Kier alpha value is -3.67. The lowest BCUT2D eigenvalue weighted by Crippen LogP contribution is -2.10. The number of rotatable bonds is 5. The number of aryl methyl sites for hydroxylation is 2. The molecule has 0 radical (unpaired) electrons. The zero-order chi connectivity index (χ0) is 20.6. The van der Waals surface area contributed by atoms with Crippen LogP contribution in [0.25, 0.3) is 28.2 Å². The molecule has 0 N–H and O–H groups in total. The van der Waals surface area contributed by atoms with E-state index in [1.807, 2.05) is 18.2 Å². The highest BCUT2D eigenvalue weighted by Gasteiger charge is 2.22. The van der Waals surface area contributed by atoms with Gasteiger partial charge in [0.15, 0.2) is 17.3 Å². The lowest BCUT2D eigenvalue weighted by molar-refractivity contribution is 0.0117. The molecular weight excluding hydrogens is 378 g/mol. The van der Waals surface area contributed by atoms with Crippen molar-refractivity contribution in [1.82, 2.24) is 24.6 Å². The Labute approximate surface area is 164 Å². The minimum Gasteiger partial charge on any atom is -0.441 e. The van der Waals surface area contributed by atoms with Gasteiger partial charge in [0.1, 0.15) is 17.6 Å². The van der Waals surface area contributed by atoms with Gasteiger partial charge in [-0.2, -0.15) is 10.4 Å². The van der Waals surface area contributed by atoms with Crippen LogP contribution in [0, 0.1) is 18.3 Å². The van der Waals surface area contributed by atoms with Gasteiger partial charge in [0.2, 0.25) is 5.92 Å².